The average molecular weight is 427 g/mol. The van der Waals surface area contributed by atoms with E-state index in [1.54, 1.807) is 0 Å². The third-order valence-corrected chi connectivity index (χ3v) is 11.4. The molecule has 0 saturated heterocycles. The minimum absolute atomic E-state index is 0.163. The van der Waals surface area contributed by atoms with E-state index in [2.05, 4.69) is 67.5 Å². The van der Waals surface area contributed by atoms with Crippen LogP contribution in [-0.4, -0.2) is 5.11 Å². The van der Waals surface area contributed by atoms with Crippen LogP contribution in [0.1, 0.15) is 113 Å². The first-order valence-electron chi connectivity index (χ1n) is 13.5. The van der Waals surface area contributed by atoms with E-state index in [0.717, 1.165) is 30.1 Å². The van der Waals surface area contributed by atoms with Gasteiger partial charge in [0.1, 0.15) is 0 Å². The summed E-state index contributed by atoms with van der Waals surface area (Å²) in [6.07, 6.45) is 16.6. The maximum Gasteiger partial charge on any atom is 0.0985 e. The van der Waals surface area contributed by atoms with Gasteiger partial charge in [-0.2, -0.15) is 0 Å². The molecule has 4 rings (SSSR count). The monoisotopic (exact) mass is 426 g/mol. The molecule has 0 radical (unpaired) electrons. The molecule has 0 aromatic rings. The van der Waals surface area contributed by atoms with E-state index in [1.165, 1.54) is 56.9 Å². The molecule has 0 bridgehead atoms. The van der Waals surface area contributed by atoms with Crippen LogP contribution in [0.2, 0.25) is 0 Å². The predicted molar refractivity (Wildman–Crippen MR) is 133 cm³/mol. The summed E-state index contributed by atoms with van der Waals surface area (Å²) in [6, 6.07) is 0. The van der Waals surface area contributed by atoms with Crippen molar-refractivity contribution in [2.24, 2.45) is 51.2 Å². The fourth-order valence-electron chi connectivity index (χ4n) is 9.36. The lowest BCUT2D eigenvalue weighted by atomic mass is 9.39. The second-order valence-electron chi connectivity index (χ2n) is 13.8. The van der Waals surface area contributed by atoms with Gasteiger partial charge in [-0.15, -0.1) is 0 Å². The Hall–Kier alpha value is -0.720. The van der Waals surface area contributed by atoms with E-state index in [4.69, 9.17) is 0 Å². The van der Waals surface area contributed by atoms with E-state index in [0.29, 0.717) is 17.1 Å². The van der Waals surface area contributed by atoms with Gasteiger partial charge in [0.2, 0.25) is 0 Å². The SMILES string of the molecule is CC(C)CCC[C@@H](C)[C@H]1CC[C@]2(C)[C@@H]1CC[C@@H]1[C@@]3(C)C(O)=CCC(C)(C)C3=CC[C@]12C. The van der Waals surface area contributed by atoms with Gasteiger partial charge in [0.15, 0.2) is 0 Å². The zero-order valence-corrected chi connectivity index (χ0v) is 21.9. The van der Waals surface area contributed by atoms with Gasteiger partial charge in [-0.25, -0.2) is 0 Å². The van der Waals surface area contributed by atoms with Crippen LogP contribution in [0, 0.1) is 51.2 Å². The molecular weight excluding hydrogens is 376 g/mol. The second kappa shape index (κ2) is 7.66. The van der Waals surface area contributed by atoms with Crippen molar-refractivity contribution in [3.05, 3.63) is 23.5 Å². The summed E-state index contributed by atoms with van der Waals surface area (Å²) in [5, 5.41) is 11.3. The van der Waals surface area contributed by atoms with Crippen molar-refractivity contribution in [1.82, 2.24) is 0 Å². The van der Waals surface area contributed by atoms with Crippen molar-refractivity contribution in [1.29, 1.82) is 0 Å². The highest BCUT2D eigenvalue weighted by Gasteiger charge is 2.67. The molecule has 0 aromatic heterocycles. The molecule has 4 aliphatic rings. The average Bonchev–Trinajstić information content (AvgIpc) is 3.03. The minimum atomic E-state index is -0.163. The van der Waals surface area contributed by atoms with Gasteiger partial charge in [-0.3, -0.25) is 0 Å². The van der Waals surface area contributed by atoms with Gasteiger partial charge >= 0.3 is 0 Å². The third-order valence-electron chi connectivity index (χ3n) is 11.4. The largest absolute Gasteiger partial charge is 0.512 e. The highest BCUT2D eigenvalue weighted by molar-refractivity contribution is 5.40. The van der Waals surface area contributed by atoms with Gasteiger partial charge in [0.25, 0.3) is 0 Å². The lowest BCUT2D eigenvalue weighted by molar-refractivity contribution is -0.125. The molecule has 0 aliphatic heterocycles. The Labute approximate surface area is 193 Å². The molecule has 1 nitrogen and oxygen atoms in total. The topological polar surface area (TPSA) is 20.2 Å². The van der Waals surface area contributed by atoms with E-state index in [1.807, 2.05) is 0 Å². The molecule has 1 N–H and O–H groups in total. The lowest BCUT2D eigenvalue weighted by Gasteiger charge is -2.65. The Kier molecular flexibility index (Phi) is 5.79. The fourth-order valence-corrected chi connectivity index (χ4v) is 9.36. The van der Waals surface area contributed by atoms with E-state index < -0.39 is 0 Å². The highest BCUT2D eigenvalue weighted by atomic mass is 16.3. The van der Waals surface area contributed by atoms with Crippen molar-refractivity contribution in [3.8, 4) is 0 Å². The summed E-state index contributed by atoms with van der Waals surface area (Å²) in [7, 11) is 0. The number of aliphatic hydroxyl groups excluding tert-OH is 1. The van der Waals surface area contributed by atoms with Gasteiger partial charge in [-0.05, 0) is 97.4 Å². The van der Waals surface area contributed by atoms with Crippen molar-refractivity contribution in [3.63, 3.8) is 0 Å². The first-order chi connectivity index (χ1) is 14.4. The van der Waals surface area contributed by atoms with Crippen LogP contribution < -0.4 is 0 Å². The maximum absolute atomic E-state index is 11.3. The summed E-state index contributed by atoms with van der Waals surface area (Å²) in [5.74, 6) is 4.70. The molecule has 7 atom stereocenters. The van der Waals surface area contributed by atoms with Crippen LogP contribution in [0.15, 0.2) is 23.5 Å². The molecule has 4 aliphatic carbocycles. The van der Waals surface area contributed by atoms with Gasteiger partial charge in [-0.1, -0.05) is 79.4 Å². The summed E-state index contributed by atoms with van der Waals surface area (Å²) >= 11 is 0. The standard InChI is InChI=1S/C30H50O/c1-20(2)10-9-11-21(3)22-14-18-28(6)23(22)12-13-25-29(28,7)19-15-24-27(4,5)17-16-26(31)30(24,25)8/h15-16,20-23,25,31H,9-14,17-19H2,1-8H3/t21-,22-,23-,25+,28-,29-,30+/m1/s1. The van der Waals surface area contributed by atoms with Crippen LogP contribution in [0.25, 0.3) is 0 Å². The number of allylic oxidation sites excluding steroid dienone is 3. The van der Waals surface area contributed by atoms with Gasteiger partial charge in [0, 0.05) is 5.41 Å². The van der Waals surface area contributed by atoms with Crippen molar-refractivity contribution < 1.29 is 5.11 Å². The van der Waals surface area contributed by atoms with Crippen LogP contribution in [-0.2, 0) is 0 Å². The number of fused-ring (bicyclic) bond motifs is 5. The Morgan fingerprint density at radius 2 is 1.61 bits per heavy atom. The van der Waals surface area contributed by atoms with Gasteiger partial charge < -0.3 is 5.11 Å². The highest BCUT2D eigenvalue weighted by Crippen LogP contribution is 2.74. The van der Waals surface area contributed by atoms with Crippen molar-refractivity contribution in [2.75, 3.05) is 0 Å². The van der Waals surface area contributed by atoms with E-state index >= 15 is 0 Å². The van der Waals surface area contributed by atoms with Crippen LogP contribution in [0.3, 0.4) is 0 Å². The second-order valence-corrected chi connectivity index (χ2v) is 13.8. The Bertz CT molecular complexity index is 756. The van der Waals surface area contributed by atoms with Crippen molar-refractivity contribution in [2.45, 2.75) is 113 Å². The third kappa shape index (κ3) is 3.30. The molecule has 176 valence electrons. The molecule has 1 heteroatoms. The maximum atomic E-state index is 11.3. The molecule has 2 fully saturated rings. The van der Waals surface area contributed by atoms with Crippen LogP contribution in [0.4, 0.5) is 0 Å². The zero-order chi connectivity index (χ0) is 22.8. The summed E-state index contributed by atoms with van der Waals surface area (Å²) in [5.41, 5.74) is 2.23. The lowest BCUT2D eigenvalue weighted by Crippen LogP contribution is -2.59. The summed E-state index contributed by atoms with van der Waals surface area (Å²) in [6.45, 7) is 19.7. The number of rotatable bonds is 5. The fraction of sp³-hybridized carbons (Fsp3) is 0.867. The Morgan fingerprint density at radius 1 is 0.903 bits per heavy atom. The number of hydrogen-bond acceptors (Lipinski definition) is 1. The Morgan fingerprint density at radius 3 is 2.29 bits per heavy atom. The smallest absolute Gasteiger partial charge is 0.0985 e. The first kappa shape index (κ1) is 23.4. The Balaban J connectivity index is 1.63. The molecule has 0 amide bonds. The number of aliphatic hydroxyl groups is 1. The zero-order valence-electron chi connectivity index (χ0n) is 21.9. The molecule has 0 aromatic carbocycles. The molecule has 31 heavy (non-hydrogen) atoms. The molecular formula is C30H50O. The predicted octanol–water partition coefficient (Wildman–Crippen LogP) is 9.11. The molecule has 2 saturated carbocycles. The minimum Gasteiger partial charge on any atom is -0.512 e. The normalized spacial score (nSPS) is 44.7. The summed E-state index contributed by atoms with van der Waals surface area (Å²) < 4.78 is 0. The van der Waals surface area contributed by atoms with Gasteiger partial charge in [0.05, 0.1) is 5.76 Å². The van der Waals surface area contributed by atoms with Crippen molar-refractivity contribution >= 4 is 0 Å². The summed E-state index contributed by atoms with van der Waals surface area (Å²) in [4.78, 5) is 0. The molecule has 0 heterocycles. The molecule has 0 unspecified atom stereocenters. The quantitative estimate of drug-likeness (QED) is 0.434. The number of hydrogen-bond donors (Lipinski definition) is 1. The van der Waals surface area contributed by atoms with Crippen LogP contribution in [0.5, 0.6) is 0 Å². The van der Waals surface area contributed by atoms with E-state index in [-0.39, 0.29) is 16.2 Å². The first-order valence-corrected chi connectivity index (χ1v) is 13.5. The van der Waals surface area contributed by atoms with Crippen LogP contribution >= 0.6 is 0 Å². The molecule has 0 spiro atoms. The van der Waals surface area contributed by atoms with E-state index in [9.17, 15) is 5.11 Å².